The molecule has 0 amide bonds. The summed E-state index contributed by atoms with van der Waals surface area (Å²) < 4.78 is 0. The molecule has 0 radical (unpaired) electrons. The average molecular weight is 333 g/mol. The van der Waals surface area contributed by atoms with Crippen LogP contribution in [0.4, 0.5) is 0 Å². The van der Waals surface area contributed by atoms with Crippen molar-refractivity contribution < 1.29 is 9.90 Å². The fraction of sp³-hybridized carbons (Fsp3) is 0.682. The van der Waals surface area contributed by atoms with Crippen molar-refractivity contribution in [3.05, 3.63) is 35.9 Å². The maximum Gasteiger partial charge on any atom is 0.171 e. The van der Waals surface area contributed by atoms with Crippen LogP contribution < -0.4 is 0 Å². The molecule has 2 nitrogen and oxygen atoms in total. The van der Waals surface area contributed by atoms with Gasteiger partial charge in [-0.05, 0) is 25.7 Å². The number of benzene rings is 1. The number of Topliss-reactive ketones (excluding diaryl/α,β-unsaturated/α-hetero) is 1. The summed E-state index contributed by atoms with van der Waals surface area (Å²) in [5.74, 6) is 0.349. The Morgan fingerprint density at radius 3 is 2.17 bits per heavy atom. The fourth-order valence-electron chi connectivity index (χ4n) is 3.61. The van der Waals surface area contributed by atoms with Crippen LogP contribution in [-0.2, 0) is 0 Å². The number of carbonyl (C=O) groups is 1. The van der Waals surface area contributed by atoms with E-state index in [-0.39, 0.29) is 18.3 Å². The van der Waals surface area contributed by atoms with E-state index in [0.717, 1.165) is 31.2 Å². The first-order valence-corrected chi connectivity index (χ1v) is 9.80. The SMILES string of the molecule is CCCCCCCCC(CCC)C(C)(CO)C(=O)c1ccccc1. The van der Waals surface area contributed by atoms with Gasteiger partial charge in [-0.3, -0.25) is 4.79 Å². The van der Waals surface area contributed by atoms with Crippen molar-refractivity contribution in [1.82, 2.24) is 0 Å². The Morgan fingerprint density at radius 1 is 0.958 bits per heavy atom. The van der Waals surface area contributed by atoms with Crippen LogP contribution in [0.1, 0.15) is 88.9 Å². The number of carbonyl (C=O) groups excluding carboxylic acids is 1. The molecule has 0 fully saturated rings. The number of aliphatic hydroxyl groups is 1. The van der Waals surface area contributed by atoms with Gasteiger partial charge in [-0.15, -0.1) is 0 Å². The van der Waals surface area contributed by atoms with Crippen LogP contribution in [0.25, 0.3) is 0 Å². The Labute approximate surface area is 148 Å². The number of unbranched alkanes of at least 4 members (excludes halogenated alkanes) is 5. The zero-order chi connectivity index (χ0) is 17.8. The highest BCUT2D eigenvalue weighted by molar-refractivity contribution is 6.00. The lowest BCUT2D eigenvalue weighted by Crippen LogP contribution is -2.39. The summed E-state index contributed by atoms with van der Waals surface area (Å²) in [4.78, 5) is 13.0. The third-order valence-electron chi connectivity index (χ3n) is 5.33. The van der Waals surface area contributed by atoms with E-state index in [1.165, 1.54) is 32.1 Å². The van der Waals surface area contributed by atoms with E-state index in [0.29, 0.717) is 0 Å². The third kappa shape index (κ3) is 6.05. The van der Waals surface area contributed by atoms with Gasteiger partial charge in [-0.25, -0.2) is 0 Å². The van der Waals surface area contributed by atoms with Crippen LogP contribution in [0.15, 0.2) is 30.3 Å². The lowest BCUT2D eigenvalue weighted by molar-refractivity contribution is 0.0448. The molecule has 1 rings (SSSR count). The molecule has 2 atom stereocenters. The Kier molecular flexibility index (Phi) is 9.94. The highest BCUT2D eigenvalue weighted by Gasteiger charge is 2.40. The number of rotatable bonds is 13. The molecule has 0 aliphatic heterocycles. The topological polar surface area (TPSA) is 37.3 Å². The zero-order valence-electron chi connectivity index (χ0n) is 15.9. The molecule has 0 bridgehead atoms. The highest BCUT2D eigenvalue weighted by Crippen LogP contribution is 2.37. The number of hydrogen-bond acceptors (Lipinski definition) is 2. The molecule has 1 aromatic carbocycles. The Hall–Kier alpha value is -1.15. The molecular formula is C22H36O2. The van der Waals surface area contributed by atoms with Crippen LogP contribution in [-0.4, -0.2) is 17.5 Å². The van der Waals surface area contributed by atoms with Crippen molar-refractivity contribution in [3.63, 3.8) is 0 Å². The number of aliphatic hydroxyl groups excluding tert-OH is 1. The van der Waals surface area contributed by atoms with Crippen LogP contribution in [0.5, 0.6) is 0 Å². The summed E-state index contributed by atoms with van der Waals surface area (Å²) >= 11 is 0. The molecule has 0 saturated carbocycles. The lowest BCUT2D eigenvalue weighted by atomic mass is 9.68. The van der Waals surface area contributed by atoms with Gasteiger partial charge in [-0.1, -0.05) is 89.1 Å². The van der Waals surface area contributed by atoms with Gasteiger partial charge in [0.2, 0.25) is 0 Å². The van der Waals surface area contributed by atoms with Crippen molar-refractivity contribution >= 4 is 5.78 Å². The minimum atomic E-state index is -0.666. The van der Waals surface area contributed by atoms with E-state index in [1.807, 2.05) is 37.3 Å². The molecule has 24 heavy (non-hydrogen) atoms. The normalized spacial score (nSPS) is 15.0. The minimum Gasteiger partial charge on any atom is -0.395 e. The third-order valence-corrected chi connectivity index (χ3v) is 5.33. The molecule has 136 valence electrons. The van der Waals surface area contributed by atoms with E-state index in [4.69, 9.17) is 0 Å². The number of ketones is 1. The molecule has 0 aliphatic rings. The van der Waals surface area contributed by atoms with Crippen LogP contribution in [0, 0.1) is 11.3 Å². The predicted molar refractivity (Wildman–Crippen MR) is 102 cm³/mol. The molecule has 1 N–H and O–H groups in total. The van der Waals surface area contributed by atoms with E-state index < -0.39 is 5.41 Å². The molecule has 0 saturated heterocycles. The maximum absolute atomic E-state index is 13.0. The lowest BCUT2D eigenvalue weighted by Gasteiger charge is -2.35. The van der Waals surface area contributed by atoms with E-state index >= 15 is 0 Å². The summed E-state index contributed by atoms with van der Waals surface area (Å²) in [6.07, 6.45) is 10.7. The van der Waals surface area contributed by atoms with Gasteiger partial charge < -0.3 is 5.11 Å². The van der Waals surface area contributed by atoms with Crippen LogP contribution >= 0.6 is 0 Å². The van der Waals surface area contributed by atoms with Gasteiger partial charge in [0.05, 0.1) is 12.0 Å². The van der Waals surface area contributed by atoms with Gasteiger partial charge in [0.25, 0.3) is 0 Å². The van der Waals surface area contributed by atoms with E-state index in [2.05, 4.69) is 13.8 Å². The zero-order valence-corrected chi connectivity index (χ0v) is 15.9. The maximum atomic E-state index is 13.0. The summed E-state index contributed by atoms with van der Waals surface area (Å²) in [6, 6.07) is 9.45. The smallest absolute Gasteiger partial charge is 0.171 e. The Balaban J connectivity index is 2.72. The first-order valence-electron chi connectivity index (χ1n) is 9.80. The largest absolute Gasteiger partial charge is 0.395 e. The quantitative estimate of drug-likeness (QED) is 0.353. The standard InChI is InChI=1S/C22H36O2/c1-4-6-7-8-9-13-17-20(14-5-2)22(3,18-23)21(24)19-15-11-10-12-16-19/h10-12,15-16,20,23H,4-9,13-14,17-18H2,1-3H3. The van der Waals surface area contributed by atoms with Crippen molar-refractivity contribution in [3.8, 4) is 0 Å². The van der Waals surface area contributed by atoms with Crippen molar-refractivity contribution in [1.29, 1.82) is 0 Å². The molecule has 0 aromatic heterocycles. The molecule has 2 heteroatoms. The first kappa shape index (κ1) is 20.9. The highest BCUT2D eigenvalue weighted by atomic mass is 16.3. The second-order valence-corrected chi connectivity index (χ2v) is 7.31. The molecule has 0 aliphatic carbocycles. The molecule has 1 aromatic rings. The van der Waals surface area contributed by atoms with E-state index in [1.54, 1.807) is 0 Å². The van der Waals surface area contributed by atoms with Crippen LogP contribution in [0.3, 0.4) is 0 Å². The van der Waals surface area contributed by atoms with Gasteiger partial charge in [-0.2, -0.15) is 0 Å². The van der Waals surface area contributed by atoms with Gasteiger partial charge in [0.1, 0.15) is 0 Å². The van der Waals surface area contributed by atoms with Gasteiger partial charge in [0, 0.05) is 5.56 Å². The molecule has 0 spiro atoms. The van der Waals surface area contributed by atoms with E-state index in [9.17, 15) is 9.90 Å². The summed E-state index contributed by atoms with van der Waals surface area (Å²) in [6.45, 7) is 6.29. The van der Waals surface area contributed by atoms with Crippen molar-refractivity contribution in [2.45, 2.75) is 78.6 Å². The van der Waals surface area contributed by atoms with Gasteiger partial charge in [0.15, 0.2) is 5.78 Å². The molecular weight excluding hydrogens is 296 g/mol. The average Bonchev–Trinajstić information content (AvgIpc) is 2.63. The monoisotopic (exact) mass is 332 g/mol. The predicted octanol–water partition coefficient (Wildman–Crippen LogP) is 6.03. The fourth-order valence-corrected chi connectivity index (χ4v) is 3.61. The van der Waals surface area contributed by atoms with Gasteiger partial charge >= 0.3 is 0 Å². The first-order chi connectivity index (χ1) is 11.6. The summed E-state index contributed by atoms with van der Waals surface area (Å²) in [5, 5.41) is 10.1. The Bertz CT molecular complexity index is 454. The number of hydrogen-bond donors (Lipinski definition) is 1. The summed E-state index contributed by atoms with van der Waals surface area (Å²) in [5.41, 5.74) is 0.0546. The Morgan fingerprint density at radius 2 is 1.58 bits per heavy atom. The second kappa shape index (κ2) is 11.4. The second-order valence-electron chi connectivity index (χ2n) is 7.31. The van der Waals surface area contributed by atoms with Crippen molar-refractivity contribution in [2.75, 3.05) is 6.61 Å². The summed E-state index contributed by atoms with van der Waals surface area (Å²) in [7, 11) is 0. The van der Waals surface area contributed by atoms with Crippen molar-refractivity contribution in [2.24, 2.45) is 11.3 Å². The van der Waals surface area contributed by atoms with Crippen LogP contribution in [0.2, 0.25) is 0 Å². The molecule has 0 heterocycles. The molecule has 2 unspecified atom stereocenters. The minimum absolute atomic E-state index is 0.0682.